The van der Waals surface area contributed by atoms with Gasteiger partial charge in [-0.2, -0.15) is 0 Å². The standard InChI is InChI=1S/C86H105ClN22O15S/c1-10-11-12-13-16-19-74(114)108(36-17-14-15-18-59-20-26-62(27-21-59)93-73(113)51-65-77-102-101-58(4)109(77)86-75(56(2)57(3)125-86)76(96-65)60-22-24-61(87)25-23-60)38-40-121-42-44-123-46-48-124-47-45-122-43-41-120-39-35-88-70(110)28-31-92-83(117)79-99-68(54-106(79)8)97-71(111)29-32-91-82(116)67-50-64(53-105(67)7)95-85(119)80-100-69(55-107(80)9)98-72(112)30-33-90-81(115)66-49-63(52-104(66)6)94-84(118)78-89-34-37-103(78)5/h20-27,34,37,49-50,52-55,65H,10-13,16,19,28-33,35-36,38-48,51H2,1-9H3,(H,88,110)(H,90,115)(H,91,116)(H,92,117)(H,93,113)(H,94,118)(H,95,119)(H,97,111)(H,98,112)/t65-/m0/s1. The Balaban J connectivity index is 0.522. The molecule has 8 heterocycles. The Morgan fingerprint density at radius 1 is 0.520 bits per heavy atom. The lowest BCUT2D eigenvalue weighted by atomic mass is 9.99. The zero-order valence-corrected chi connectivity index (χ0v) is 73.0. The predicted molar refractivity (Wildman–Crippen MR) is 469 cm³/mol. The molecule has 2 aromatic carbocycles. The van der Waals surface area contributed by atoms with E-state index in [4.69, 9.17) is 40.3 Å². The van der Waals surface area contributed by atoms with E-state index in [1.165, 1.54) is 55.2 Å². The molecule has 0 unspecified atom stereocenters. The number of halogens is 1. The van der Waals surface area contributed by atoms with E-state index in [0.717, 1.165) is 64.4 Å². The van der Waals surface area contributed by atoms with Crippen LogP contribution in [0.15, 0.2) is 103 Å². The third-order valence-electron chi connectivity index (χ3n) is 19.6. The van der Waals surface area contributed by atoms with Crippen molar-refractivity contribution in [3.63, 3.8) is 0 Å². The van der Waals surface area contributed by atoms with Crippen molar-refractivity contribution >= 4 is 116 Å². The van der Waals surface area contributed by atoms with Gasteiger partial charge in [-0.3, -0.25) is 57.5 Å². The number of benzene rings is 2. The summed E-state index contributed by atoms with van der Waals surface area (Å²) in [6, 6.07) is 17.1. The van der Waals surface area contributed by atoms with Gasteiger partial charge in [0.25, 0.3) is 29.5 Å². The number of carbonyl (C=O) groups excluding carboxylic acids is 10. The Morgan fingerprint density at radius 2 is 1.06 bits per heavy atom. The fraction of sp³-hybridized carbons (Fsp3) is 0.419. The fourth-order valence-electron chi connectivity index (χ4n) is 13.0. The van der Waals surface area contributed by atoms with Gasteiger partial charge in [0.2, 0.25) is 41.2 Å². The predicted octanol–water partition coefficient (Wildman–Crippen LogP) is 7.29. The molecule has 0 aliphatic carbocycles. The highest BCUT2D eigenvalue weighted by atomic mass is 35.5. The summed E-state index contributed by atoms with van der Waals surface area (Å²) in [6.07, 6.45) is 14.4. The molecular formula is C86H105ClN22O15S. The molecule has 0 fully saturated rings. The largest absolute Gasteiger partial charge is 0.377 e. The van der Waals surface area contributed by atoms with Gasteiger partial charge in [-0.05, 0) is 93.1 Å². The van der Waals surface area contributed by atoms with Crippen LogP contribution in [0.5, 0.6) is 0 Å². The van der Waals surface area contributed by atoms with E-state index in [0.29, 0.717) is 106 Å². The molecule has 0 radical (unpaired) electrons. The number of aromatic nitrogens is 11. The first-order valence-electron chi connectivity index (χ1n) is 40.9. The quantitative estimate of drug-likeness (QED) is 0.0133. The lowest BCUT2D eigenvalue weighted by Gasteiger charge is -2.20. The van der Waals surface area contributed by atoms with Crippen LogP contribution in [0.2, 0.25) is 5.02 Å². The minimum absolute atomic E-state index is 0.00963. The van der Waals surface area contributed by atoms with Crippen LogP contribution in [0.25, 0.3) is 5.00 Å². The molecule has 1 atom stereocenters. The topological polar surface area (TPSA) is 435 Å². The van der Waals surface area contributed by atoms with Gasteiger partial charge >= 0.3 is 0 Å². The molecule has 0 saturated heterocycles. The smallest absolute Gasteiger partial charge is 0.291 e. The SMILES string of the molecule is CCCCCCCC(=O)N(CC#CC#Cc1ccc(NC(=O)C[C@@H]2N=C(c3ccc(Cl)cc3)c3c(sc(C)c3C)-n3c(C)nnc32)cc1)CCOCCOCCOCCOCCOCCNC(=O)CCNC(=O)c1nc(NC(=O)CCNC(=O)c2cc(NC(=O)c3nc(NC(=O)CCNC(=O)c4cc(NC(=O)c5nccn5C)cn4C)cn3C)cn2C)cn1C. The van der Waals surface area contributed by atoms with Crippen LogP contribution in [0, 0.1) is 44.5 Å². The summed E-state index contributed by atoms with van der Waals surface area (Å²) in [5.74, 6) is 9.27. The minimum atomic E-state index is -0.643. The van der Waals surface area contributed by atoms with E-state index in [1.807, 2.05) is 47.9 Å². The van der Waals surface area contributed by atoms with E-state index < -0.39 is 47.4 Å². The number of rotatable bonds is 47. The van der Waals surface area contributed by atoms with Crippen LogP contribution in [-0.4, -0.2) is 228 Å². The Hall–Kier alpha value is -13.0. The van der Waals surface area contributed by atoms with E-state index in [1.54, 1.807) is 80.6 Å². The number of nitrogens with one attached hydrogen (secondary N) is 9. The van der Waals surface area contributed by atoms with Crippen molar-refractivity contribution in [2.75, 3.05) is 132 Å². The van der Waals surface area contributed by atoms with Crippen molar-refractivity contribution in [1.29, 1.82) is 0 Å². The summed E-state index contributed by atoms with van der Waals surface area (Å²) >= 11 is 7.94. The second kappa shape index (κ2) is 47.6. The Kier molecular flexibility index (Phi) is 35.9. The monoisotopic (exact) mass is 1750 g/mol. The van der Waals surface area contributed by atoms with Crippen LogP contribution < -0.4 is 47.9 Å². The summed E-state index contributed by atoms with van der Waals surface area (Å²) in [6.45, 7) is 12.2. The van der Waals surface area contributed by atoms with Crippen molar-refractivity contribution < 1.29 is 71.6 Å². The summed E-state index contributed by atoms with van der Waals surface area (Å²) in [7, 11) is 8.04. The Morgan fingerprint density at radius 3 is 1.64 bits per heavy atom. The first kappa shape index (κ1) is 94.3. The molecule has 0 bridgehead atoms. The zero-order chi connectivity index (χ0) is 89.3. The normalized spacial score (nSPS) is 12.0. The van der Waals surface area contributed by atoms with Crippen LogP contribution in [-0.2, 0) is 82.9 Å². The summed E-state index contributed by atoms with van der Waals surface area (Å²) in [5.41, 5.74) is 6.09. The molecule has 10 amide bonds. The van der Waals surface area contributed by atoms with E-state index in [2.05, 4.69) is 117 Å². The summed E-state index contributed by atoms with van der Waals surface area (Å²) in [4.78, 5) is 151. The van der Waals surface area contributed by atoms with Gasteiger partial charge in [0.1, 0.15) is 28.3 Å². The number of hydrogen-bond donors (Lipinski definition) is 9. The number of unbranched alkanes of at least 4 members (excludes halogenated alkanes) is 4. The molecule has 0 saturated carbocycles. The highest BCUT2D eigenvalue weighted by Gasteiger charge is 2.33. The number of aryl methyl sites for hydroxylation is 7. The molecule has 9 N–H and O–H groups in total. The third-order valence-corrected chi connectivity index (χ3v) is 21.0. The molecule has 0 spiro atoms. The number of amides is 10. The van der Waals surface area contributed by atoms with Gasteiger partial charge in [-0.1, -0.05) is 68.2 Å². The maximum absolute atomic E-state index is 13.7. The molecule has 39 heteroatoms. The van der Waals surface area contributed by atoms with Gasteiger partial charge in [0.05, 0.1) is 96.1 Å². The van der Waals surface area contributed by atoms with Crippen LogP contribution in [0.1, 0.15) is 169 Å². The number of fused-ring (bicyclic) bond motifs is 3. The average Bonchev–Trinajstić information content (AvgIpc) is 1.59. The lowest BCUT2D eigenvalue weighted by Crippen LogP contribution is -2.34. The third kappa shape index (κ3) is 28.3. The number of thiophene rings is 1. The minimum Gasteiger partial charge on any atom is -0.377 e. The number of anilines is 5. The van der Waals surface area contributed by atoms with Gasteiger partial charge in [0.15, 0.2) is 23.3 Å². The summed E-state index contributed by atoms with van der Waals surface area (Å²) < 4.78 is 37.7. The lowest BCUT2D eigenvalue weighted by molar-refractivity contribution is -0.131. The number of nitrogens with zero attached hydrogens (tertiary/aromatic N) is 13. The fourth-order valence-corrected chi connectivity index (χ4v) is 14.3. The Labute approximate surface area is 732 Å². The van der Waals surface area contributed by atoms with Crippen LogP contribution in [0.3, 0.4) is 0 Å². The van der Waals surface area contributed by atoms with Gasteiger partial charge < -0.3 is 99.3 Å². The van der Waals surface area contributed by atoms with E-state index in [-0.39, 0.29) is 129 Å². The van der Waals surface area contributed by atoms with Crippen molar-refractivity contribution in [1.82, 2.24) is 78.7 Å². The van der Waals surface area contributed by atoms with Crippen molar-refractivity contribution in [2.24, 2.45) is 40.2 Å². The molecule has 37 nitrogen and oxygen atoms in total. The second-order valence-corrected chi connectivity index (χ2v) is 30.8. The average molecular weight is 1750 g/mol. The number of hydrogen-bond acceptors (Lipinski definition) is 22. The van der Waals surface area contributed by atoms with Gasteiger partial charge in [-0.25, -0.2) is 15.0 Å². The first-order valence-corrected chi connectivity index (χ1v) is 42.1. The highest BCUT2D eigenvalue weighted by molar-refractivity contribution is 7.15. The molecule has 125 heavy (non-hydrogen) atoms. The molecule has 1 aliphatic heterocycles. The number of carbonyl (C=O) groups is 10. The summed E-state index contributed by atoms with van der Waals surface area (Å²) in [5, 5.41) is 34.9. The maximum atomic E-state index is 13.7. The van der Waals surface area contributed by atoms with Gasteiger partial charge in [0, 0.05) is 163 Å². The maximum Gasteiger partial charge on any atom is 0.291 e. The second-order valence-electron chi connectivity index (χ2n) is 29.1. The molecule has 10 rings (SSSR count). The van der Waals surface area contributed by atoms with Crippen LogP contribution in [0.4, 0.5) is 28.7 Å². The van der Waals surface area contributed by atoms with Crippen molar-refractivity contribution in [3.8, 4) is 28.7 Å². The number of ether oxygens (including phenoxy) is 5. The van der Waals surface area contributed by atoms with E-state index >= 15 is 0 Å². The van der Waals surface area contributed by atoms with Crippen molar-refractivity contribution in [3.05, 3.63) is 171 Å². The van der Waals surface area contributed by atoms with Crippen LogP contribution >= 0.6 is 22.9 Å². The first-order chi connectivity index (χ1) is 60.3. The highest BCUT2D eigenvalue weighted by Crippen LogP contribution is 2.40. The number of imidazole rings is 3. The molecule has 7 aromatic heterocycles. The van der Waals surface area contributed by atoms with Crippen molar-refractivity contribution in [2.45, 2.75) is 97.9 Å². The molecule has 1 aliphatic rings. The number of aliphatic imine (C=N–C) groups is 1. The molecular weight excluding hydrogens is 1650 g/mol. The Bertz CT molecular complexity index is 5440. The molecule has 662 valence electrons. The zero-order valence-electron chi connectivity index (χ0n) is 71.4. The molecule has 9 aromatic rings. The van der Waals surface area contributed by atoms with E-state index in [9.17, 15) is 47.9 Å². The van der Waals surface area contributed by atoms with Gasteiger partial charge in [-0.15, -0.1) is 21.5 Å².